The van der Waals surface area contributed by atoms with E-state index in [0.29, 0.717) is 47.1 Å². The maximum Gasteiger partial charge on any atom is 0.246 e. The minimum atomic E-state index is 0.222. The molecule has 2 aliphatic heterocycles. The van der Waals surface area contributed by atoms with Gasteiger partial charge in [0.1, 0.15) is 6.61 Å². The molecule has 32 heavy (non-hydrogen) atoms. The van der Waals surface area contributed by atoms with Crippen LogP contribution in [0.4, 0.5) is 11.6 Å². The van der Waals surface area contributed by atoms with Gasteiger partial charge in [0.15, 0.2) is 28.8 Å². The quantitative estimate of drug-likeness (QED) is 0.472. The molecule has 160 valence electrons. The van der Waals surface area contributed by atoms with Crippen LogP contribution in [0.1, 0.15) is 5.56 Å². The number of nitrogens with zero attached hydrogens (tertiary/aromatic N) is 3. The van der Waals surface area contributed by atoms with E-state index in [4.69, 9.17) is 23.7 Å². The van der Waals surface area contributed by atoms with Crippen LogP contribution in [-0.4, -0.2) is 33.8 Å². The lowest BCUT2D eigenvalue weighted by Crippen LogP contribution is -1.99. The van der Waals surface area contributed by atoms with Crippen LogP contribution in [0.3, 0.4) is 0 Å². The Hall–Kier alpha value is -4.47. The van der Waals surface area contributed by atoms with Crippen LogP contribution in [0, 0.1) is 0 Å². The van der Waals surface area contributed by atoms with Crippen LogP contribution in [0.2, 0.25) is 0 Å². The molecule has 0 fully saturated rings. The monoisotopic (exact) mass is 431 g/mol. The number of rotatable bonds is 6. The summed E-state index contributed by atoms with van der Waals surface area (Å²) in [6, 6.07) is 14.9. The normalized spacial score (nSPS) is 13.2. The third kappa shape index (κ3) is 3.47. The van der Waals surface area contributed by atoms with E-state index in [1.54, 1.807) is 6.20 Å². The van der Waals surface area contributed by atoms with E-state index in [1.807, 2.05) is 48.5 Å². The van der Waals surface area contributed by atoms with E-state index in [2.05, 4.69) is 25.5 Å². The molecule has 0 saturated carbocycles. The first-order valence-electron chi connectivity index (χ1n) is 9.88. The lowest BCUT2D eigenvalue weighted by molar-refractivity contribution is 0.173. The summed E-state index contributed by atoms with van der Waals surface area (Å²) in [7, 11) is 0. The van der Waals surface area contributed by atoms with Gasteiger partial charge >= 0.3 is 0 Å². The summed E-state index contributed by atoms with van der Waals surface area (Å²) in [4.78, 5) is 8.88. The van der Waals surface area contributed by atoms with Crippen LogP contribution in [-0.2, 0) is 6.61 Å². The Balaban J connectivity index is 1.19. The second kappa shape index (κ2) is 7.65. The third-order valence-electron chi connectivity index (χ3n) is 4.95. The summed E-state index contributed by atoms with van der Waals surface area (Å²) in [5.41, 5.74) is 2.42. The Kier molecular flexibility index (Phi) is 4.38. The van der Waals surface area contributed by atoms with E-state index in [0.717, 1.165) is 17.0 Å². The van der Waals surface area contributed by atoms with Crippen molar-refractivity contribution >= 4 is 11.6 Å². The number of fused-ring (bicyclic) bond motifs is 2. The van der Waals surface area contributed by atoms with Crippen molar-refractivity contribution in [3.63, 3.8) is 0 Å². The second-order valence-corrected chi connectivity index (χ2v) is 7.03. The summed E-state index contributed by atoms with van der Waals surface area (Å²) < 4.78 is 27.5. The molecule has 4 heterocycles. The Labute approximate surface area is 182 Å². The van der Waals surface area contributed by atoms with Gasteiger partial charge < -0.3 is 29.0 Å². The molecule has 0 atom stereocenters. The number of anilines is 2. The van der Waals surface area contributed by atoms with E-state index >= 15 is 0 Å². The molecular weight excluding hydrogens is 414 g/mol. The van der Waals surface area contributed by atoms with Gasteiger partial charge in [-0.1, -0.05) is 6.07 Å². The average molecular weight is 431 g/mol. The van der Waals surface area contributed by atoms with Gasteiger partial charge in [-0.15, -0.1) is 5.10 Å². The number of aromatic amines is 1. The largest absolute Gasteiger partial charge is 0.472 e. The highest BCUT2D eigenvalue weighted by Gasteiger charge is 2.17. The van der Waals surface area contributed by atoms with Crippen LogP contribution in [0.15, 0.2) is 54.7 Å². The highest BCUT2D eigenvalue weighted by molar-refractivity contribution is 5.65. The van der Waals surface area contributed by atoms with Crippen molar-refractivity contribution < 1.29 is 23.7 Å². The van der Waals surface area contributed by atoms with Crippen molar-refractivity contribution in [2.45, 2.75) is 6.61 Å². The fraction of sp³-hybridized carbons (Fsp3) is 0.136. The van der Waals surface area contributed by atoms with Crippen molar-refractivity contribution in [1.82, 2.24) is 20.2 Å². The third-order valence-corrected chi connectivity index (χ3v) is 4.95. The predicted octanol–water partition coefficient (Wildman–Crippen LogP) is 3.65. The topological polar surface area (TPSA) is 113 Å². The average Bonchev–Trinajstić information content (AvgIpc) is 3.58. The number of hydrogen-bond donors (Lipinski definition) is 2. The number of H-pyrrole nitrogens is 1. The summed E-state index contributed by atoms with van der Waals surface area (Å²) in [6.07, 6.45) is 1.67. The van der Waals surface area contributed by atoms with Crippen LogP contribution in [0.25, 0.3) is 11.4 Å². The van der Waals surface area contributed by atoms with Crippen molar-refractivity contribution in [3.8, 4) is 40.3 Å². The summed E-state index contributed by atoms with van der Waals surface area (Å²) >= 11 is 0. The standard InChI is InChI=1S/C22H17N5O5/c1-2-15(21(23-7-1)28-10-13-3-5-16-18(8-13)31-11-29-16)20-25-22(27-26-20)24-14-4-6-17-19(9-14)32-12-30-17/h1-9H,10-12H2,(H2,24,25,26,27). The summed E-state index contributed by atoms with van der Waals surface area (Å²) in [5.74, 6) is 4.21. The molecule has 6 rings (SSSR count). The molecule has 0 aliphatic carbocycles. The predicted molar refractivity (Wildman–Crippen MR) is 112 cm³/mol. The van der Waals surface area contributed by atoms with Crippen molar-refractivity contribution in [1.29, 1.82) is 0 Å². The molecule has 2 aromatic carbocycles. The maximum atomic E-state index is 5.97. The molecule has 0 unspecified atom stereocenters. The zero-order chi connectivity index (χ0) is 21.3. The first kappa shape index (κ1) is 18.3. The molecule has 2 aromatic heterocycles. The van der Waals surface area contributed by atoms with E-state index in [-0.39, 0.29) is 13.6 Å². The minimum Gasteiger partial charge on any atom is -0.472 e. The number of aromatic nitrogens is 4. The maximum absolute atomic E-state index is 5.97. The van der Waals surface area contributed by atoms with Gasteiger partial charge in [-0.2, -0.15) is 4.98 Å². The molecule has 2 N–H and O–H groups in total. The highest BCUT2D eigenvalue weighted by Crippen LogP contribution is 2.35. The number of ether oxygens (including phenoxy) is 5. The van der Waals surface area contributed by atoms with Gasteiger partial charge in [0.2, 0.25) is 25.4 Å². The van der Waals surface area contributed by atoms with E-state index in [9.17, 15) is 0 Å². The second-order valence-electron chi connectivity index (χ2n) is 7.03. The zero-order valence-electron chi connectivity index (χ0n) is 16.7. The number of hydrogen-bond acceptors (Lipinski definition) is 9. The van der Waals surface area contributed by atoms with Crippen LogP contribution < -0.4 is 29.0 Å². The summed E-state index contributed by atoms with van der Waals surface area (Å²) in [5, 5.41) is 10.3. The molecule has 0 radical (unpaired) electrons. The fourth-order valence-corrected chi connectivity index (χ4v) is 3.41. The number of benzene rings is 2. The highest BCUT2D eigenvalue weighted by atomic mass is 16.7. The van der Waals surface area contributed by atoms with Gasteiger partial charge in [-0.3, -0.25) is 5.10 Å². The molecule has 0 spiro atoms. The summed E-state index contributed by atoms with van der Waals surface area (Å²) in [6.45, 7) is 0.773. The van der Waals surface area contributed by atoms with Crippen LogP contribution in [0.5, 0.6) is 28.9 Å². The lowest BCUT2D eigenvalue weighted by Gasteiger charge is -2.09. The van der Waals surface area contributed by atoms with Crippen molar-refractivity contribution in [2.75, 3.05) is 18.9 Å². The van der Waals surface area contributed by atoms with Crippen LogP contribution >= 0.6 is 0 Å². The zero-order valence-corrected chi connectivity index (χ0v) is 16.7. The van der Waals surface area contributed by atoms with Gasteiger partial charge in [0, 0.05) is 18.0 Å². The van der Waals surface area contributed by atoms with Crippen molar-refractivity contribution in [3.05, 3.63) is 60.3 Å². The first-order valence-corrected chi connectivity index (χ1v) is 9.88. The molecule has 0 saturated heterocycles. The molecular formula is C22H17N5O5. The lowest BCUT2D eigenvalue weighted by atomic mass is 10.2. The molecule has 0 amide bonds. The minimum absolute atomic E-state index is 0.222. The SMILES string of the molecule is c1cnc(OCc2ccc3c(c2)OCO3)c(-c2nc(Nc3ccc4c(c3)OCO4)n[nH]2)c1. The molecule has 10 nitrogen and oxygen atoms in total. The number of pyridine rings is 1. The first-order chi connectivity index (χ1) is 15.8. The van der Waals surface area contributed by atoms with Crippen molar-refractivity contribution in [2.24, 2.45) is 0 Å². The molecule has 0 bridgehead atoms. The van der Waals surface area contributed by atoms with Gasteiger partial charge in [-0.25, -0.2) is 4.98 Å². The molecule has 4 aromatic rings. The van der Waals surface area contributed by atoms with Gasteiger partial charge in [0.05, 0.1) is 5.56 Å². The molecule has 10 heteroatoms. The van der Waals surface area contributed by atoms with Gasteiger partial charge in [-0.05, 0) is 42.0 Å². The van der Waals surface area contributed by atoms with E-state index < -0.39 is 0 Å². The Morgan fingerprint density at radius 2 is 1.69 bits per heavy atom. The Morgan fingerprint density at radius 3 is 2.56 bits per heavy atom. The Morgan fingerprint density at radius 1 is 0.906 bits per heavy atom. The van der Waals surface area contributed by atoms with Gasteiger partial charge in [0.25, 0.3) is 0 Å². The smallest absolute Gasteiger partial charge is 0.246 e. The fourth-order valence-electron chi connectivity index (χ4n) is 3.41. The molecule has 2 aliphatic rings. The number of nitrogens with one attached hydrogen (secondary N) is 2. The Bertz CT molecular complexity index is 1290. The van der Waals surface area contributed by atoms with E-state index in [1.165, 1.54) is 0 Å².